The summed E-state index contributed by atoms with van der Waals surface area (Å²) in [5, 5.41) is 0. The lowest BCUT2D eigenvalue weighted by Crippen LogP contribution is -1.98. The molecule has 1 heterocycles. The zero-order valence-corrected chi connectivity index (χ0v) is 5.63. The zero-order chi connectivity index (χ0) is 6.53. The van der Waals surface area contributed by atoms with Crippen LogP contribution in [0.4, 0.5) is 0 Å². The topological polar surface area (TPSA) is 21.6 Å². The quantitative estimate of drug-likeness (QED) is 0.448. The molecular formula is C7H11NO. The molecule has 1 aliphatic rings. The van der Waals surface area contributed by atoms with Gasteiger partial charge in [-0.2, -0.15) is 0 Å². The average molecular weight is 125 g/mol. The highest BCUT2D eigenvalue weighted by molar-refractivity contribution is 5.77. The Kier molecular flexibility index (Phi) is 2.31. The summed E-state index contributed by atoms with van der Waals surface area (Å²) in [6.07, 6.45) is 6.13. The molecule has 0 aliphatic carbocycles. The number of aliphatic imine (C=N–C) groups is 1. The number of methoxy groups -OCH3 is 1. The highest BCUT2D eigenvalue weighted by atomic mass is 16.5. The monoisotopic (exact) mass is 125 g/mol. The van der Waals surface area contributed by atoms with Gasteiger partial charge in [0.1, 0.15) is 0 Å². The fraction of sp³-hybridized carbons (Fsp3) is 0.571. The van der Waals surface area contributed by atoms with Crippen molar-refractivity contribution in [2.75, 3.05) is 13.7 Å². The number of rotatable bonds is 0. The summed E-state index contributed by atoms with van der Waals surface area (Å²) < 4.78 is 4.97. The van der Waals surface area contributed by atoms with Gasteiger partial charge in [-0.05, 0) is 6.42 Å². The van der Waals surface area contributed by atoms with Crippen LogP contribution in [0.5, 0.6) is 0 Å². The highest BCUT2D eigenvalue weighted by Gasteiger charge is 1.95. The van der Waals surface area contributed by atoms with E-state index in [1.807, 2.05) is 0 Å². The van der Waals surface area contributed by atoms with E-state index >= 15 is 0 Å². The molecule has 0 atom stereocenters. The largest absolute Gasteiger partial charge is 0.484 e. The first kappa shape index (κ1) is 6.33. The van der Waals surface area contributed by atoms with Crippen molar-refractivity contribution in [2.45, 2.75) is 12.8 Å². The first-order valence-corrected chi connectivity index (χ1v) is 3.16. The SMILES string of the molecule is COC1=NCCC=CC1. The van der Waals surface area contributed by atoms with Gasteiger partial charge in [0, 0.05) is 13.0 Å². The predicted molar refractivity (Wildman–Crippen MR) is 37.7 cm³/mol. The van der Waals surface area contributed by atoms with Gasteiger partial charge in [0.25, 0.3) is 0 Å². The minimum Gasteiger partial charge on any atom is -0.484 e. The van der Waals surface area contributed by atoms with E-state index in [0.29, 0.717) is 0 Å². The van der Waals surface area contributed by atoms with Crippen LogP contribution in [-0.4, -0.2) is 19.6 Å². The van der Waals surface area contributed by atoms with E-state index < -0.39 is 0 Å². The molecule has 0 saturated heterocycles. The Labute approximate surface area is 55.2 Å². The van der Waals surface area contributed by atoms with Gasteiger partial charge in [-0.1, -0.05) is 12.2 Å². The van der Waals surface area contributed by atoms with Crippen molar-refractivity contribution >= 4 is 5.90 Å². The van der Waals surface area contributed by atoms with Gasteiger partial charge < -0.3 is 4.74 Å². The summed E-state index contributed by atoms with van der Waals surface area (Å²) in [5.74, 6) is 0.851. The van der Waals surface area contributed by atoms with Crippen molar-refractivity contribution in [3.63, 3.8) is 0 Å². The second-order valence-electron chi connectivity index (χ2n) is 1.94. The number of hydrogen-bond acceptors (Lipinski definition) is 2. The van der Waals surface area contributed by atoms with Crippen LogP contribution in [0.3, 0.4) is 0 Å². The summed E-state index contributed by atoms with van der Waals surface area (Å²) in [6, 6.07) is 0. The second-order valence-corrected chi connectivity index (χ2v) is 1.94. The smallest absolute Gasteiger partial charge is 0.186 e. The van der Waals surface area contributed by atoms with Crippen LogP contribution < -0.4 is 0 Å². The normalized spacial score (nSPS) is 18.6. The Morgan fingerprint density at radius 3 is 3.22 bits per heavy atom. The van der Waals surface area contributed by atoms with Gasteiger partial charge >= 0.3 is 0 Å². The fourth-order valence-electron chi connectivity index (χ4n) is 0.778. The lowest BCUT2D eigenvalue weighted by atomic mass is 10.3. The molecule has 0 aromatic rings. The molecule has 0 amide bonds. The Morgan fingerprint density at radius 2 is 2.44 bits per heavy atom. The lowest BCUT2D eigenvalue weighted by Gasteiger charge is -1.97. The molecule has 0 aromatic heterocycles. The lowest BCUT2D eigenvalue weighted by molar-refractivity contribution is 0.393. The molecule has 9 heavy (non-hydrogen) atoms. The summed E-state index contributed by atoms with van der Waals surface area (Å²) in [5.41, 5.74) is 0. The van der Waals surface area contributed by atoms with E-state index in [-0.39, 0.29) is 0 Å². The van der Waals surface area contributed by atoms with Crippen LogP contribution in [-0.2, 0) is 4.74 Å². The first-order chi connectivity index (χ1) is 4.43. The maximum Gasteiger partial charge on any atom is 0.186 e. The maximum atomic E-state index is 4.97. The number of ether oxygens (including phenoxy) is 1. The molecular weight excluding hydrogens is 114 g/mol. The molecule has 0 unspecified atom stereocenters. The highest BCUT2D eigenvalue weighted by Crippen LogP contribution is 1.98. The van der Waals surface area contributed by atoms with Crippen molar-refractivity contribution in [1.29, 1.82) is 0 Å². The van der Waals surface area contributed by atoms with E-state index in [0.717, 1.165) is 25.3 Å². The van der Waals surface area contributed by atoms with Crippen molar-refractivity contribution in [3.8, 4) is 0 Å². The average Bonchev–Trinajstić information content (AvgIpc) is 2.13. The van der Waals surface area contributed by atoms with Crippen molar-refractivity contribution in [2.24, 2.45) is 4.99 Å². The second kappa shape index (κ2) is 3.28. The Balaban J connectivity index is 2.48. The van der Waals surface area contributed by atoms with Crippen LogP contribution in [0.15, 0.2) is 17.1 Å². The van der Waals surface area contributed by atoms with Crippen LogP contribution in [0.1, 0.15) is 12.8 Å². The Morgan fingerprint density at radius 1 is 1.56 bits per heavy atom. The number of hydrogen-bond donors (Lipinski definition) is 0. The first-order valence-electron chi connectivity index (χ1n) is 3.16. The molecule has 0 radical (unpaired) electrons. The molecule has 2 heteroatoms. The molecule has 0 fully saturated rings. The van der Waals surface area contributed by atoms with Gasteiger partial charge in [0.15, 0.2) is 5.90 Å². The minimum atomic E-state index is 0.851. The van der Waals surface area contributed by atoms with Gasteiger partial charge in [-0.25, -0.2) is 0 Å². The molecule has 0 bridgehead atoms. The van der Waals surface area contributed by atoms with Gasteiger partial charge in [-0.3, -0.25) is 4.99 Å². The third-order valence-electron chi connectivity index (χ3n) is 1.28. The minimum absolute atomic E-state index is 0.851. The predicted octanol–water partition coefficient (Wildman–Crippen LogP) is 1.38. The van der Waals surface area contributed by atoms with E-state index in [1.54, 1.807) is 7.11 Å². The van der Waals surface area contributed by atoms with Gasteiger partial charge in [-0.15, -0.1) is 0 Å². The van der Waals surface area contributed by atoms with E-state index in [4.69, 9.17) is 4.74 Å². The summed E-state index contributed by atoms with van der Waals surface area (Å²) in [4.78, 5) is 4.17. The van der Waals surface area contributed by atoms with Gasteiger partial charge in [0.05, 0.1) is 7.11 Å². The van der Waals surface area contributed by atoms with Crippen LogP contribution in [0.25, 0.3) is 0 Å². The summed E-state index contributed by atoms with van der Waals surface area (Å²) >= 11 is 0. The van der Waals surface area contributed by atoms with Gasteiger partial charge in [0.2, 0.25) is 0 Å². The van der Waals surface area contributed by atoms with E-state index in [9.17, 15) is 0 Å². The van der Waals surface area contributed by atoms with Crippen molar-refractivity contribution in [3.05, 3.63) is 12.2 Å². The van der Waals surface area contributed by atoms with Crippen LogP contribution >= 0.6 is 0 Å². The van der Waals surface area contributed by atoms with Crippen molar-refractivity contribution in [1.82, 2.24) is 0 Å². The standard InChI is InChI=1S/C7H11NO/c1-9-7-5-3-2-4-6-8-7/h2-3H,4-6H2,1H3. The molecule has 0 spiro atoms. The molecule has 1 aliphatic heterocycles. The maximum absolute atomic E-state index is 4.97. The Hall–Kier alpha value is -0.790. The van der Waals surface area contributed by atoms with E-state index in [2.05, 4.69) is 17.1 Å². The molecule has 0 N–H and O–H groups in total. The zero-order valence-electron chi connectivity index (χ0n) is 5.63. The molecule has 0 saturated carbocycles. The van der Waals surface area contributed by atoms with Crippen LogP contribution in [0, 0.1) is 0 Å². The summed E-state index contributed by atoms with van der Waals surface area (Å²) in [6.45, 7) is 0.875. The van der Waals surface area contributed by atoms with Crippen LogP contribution in [0.2, 0.25) is 0 Å². The van der Waals surface area contributed by atoms with E-state index in [1.165, 1.54) is 0 Å². The van der Waals surface area contributed by atoms with Crippen molar-refractivity contribution < 1.29 is 4.74 Å². The molecule has 2 nitrogen and oxygen atoms in total. The summed E-state index contributed by atoms with van der Waals surface area (Å²) in [7, 11) is 1.66. The Bertz CT molecular complexity index is 138. The molecule has 1 rings (SSSR count). The third-order valence-corrected chi connectivity index (χ3v) is 1.28. The molecule has 50 valence electrons. The third kappa shape index (κ3) is 1.88. The molecule has 0 aromatic carbocycles. The number of nitrogens with zero attached hydrogens (tertiary/aromatic N) is 1. The fourth-order valence-corrected chi connectivity index (χ4v) is 0.778.